The van der Waals surface area contributed by atoms with Crippen molar-refractivity contribution in [3.63, 3.8) is 0 Å². The minimum absolute atomic E-state index is 0. The van der Waals surface area contributed by atoms with Crippen molar-refractivity contribution in [1.82, 2.24) is 0 Å². The fraction of sp³-hybridized carbons (Fsp3) is 1.00. The molecule has 0 amide bonds. The Morgan fingerprint density at radius 2 is 1.18 bits per heavy atom. The number of hydrogen-bond donors (Lipinski definition) is 0. The maximum Gasteiger partial charge on any atom is 1.00 e. The van der Waals surface area contributed by atoms with E-state index in [-0.39, 0.29) is 20.3 Å². The molecule has 5 heteroatoms. The minimum atomic E-state index is -0.472. The normalized spacial score (nSPS) is 9.00. The molecule has 62 valence electrons. The molecule has 0 spiro atoms. The third-order valence-electron chi connectivity index (χ3n) is 0.908. The Kier molecular flexibility index (Phi) is 13.5. The van der Waals surface area contributed by atoms with Crippen LogP contribution in [-0.4, -0.2) is 27.1 Å². The van der Waals surface area contributed by atoms with E-state index < -0.39 is 7.32 Å². The van der Waals surface area contributed by atoms with Crippen LogP contribution in [-0.2, 0) is 14.0 Å². The summed E-state index contributed by atoms with van der Waals surface area (Å²) in [6, 6.07) is 0. The molecule has 0 aliphatic heterocycles. The minimum Gasteiger partial charge on any atom is -1.00 e. The summed E-state index contributed by atoms with van der Waals surface area (Å²) in [5, 5.41) is 0. The van der Waals surface area contributed by atoms with Gasteiger partial charge in [0, 0.05) is 19.8 Å². The molecule has 0 aromatic rings. The van der Waals surface area contributed by atoms with Gasteiger partial charge in [-0.15, -0.1) is 0 Å². The smallest absolute Gasteiger partial charge is 1.00 e. The van der Waals surface area contributed by atoms with Crippen LogP contribution in [0, 0.1) is 0 Å². The zero-order chi connectivity index (χ0) is 7.82. The molecular weight excluding hydrogens is 138 g/mol. The van der Waals surface area contributed by atoms with Crippen LogP contribution in [0.4, 0.5) is 0 Å². The van der Waals surface area contributed by atoms with Gasteiger partial charge in [-0.25, -0.2) is 0 Å². The average Bonchev–Trinajstić information content (AvgIpc) is 1.90. The molecule has 0 aliphatic carbocycles. The van der Waals surface area contributed by atoms with Crippen molar-refractivity contribution in [2.24, 2.45) is 0 Å². The molecule has 0 bridgehead atoms. The van der Waals surface area contributed by atoms with Crippen LogP contribution in [0.3, 0.4) is 0 Å². The molecule has 0 fully saturated rings. The Labute approximate surface area is 82.6 Å². The summed E-state index contributed by atoms with van der Waals surface area (Å²) >= 11 is 0. The van der Waals surface area contributed by atoms with E-state index in [4.69, 9.17) is 14.0 Å². The molecule has 0 N–H and O–H groups in total. The van der Waals surface area contributed by atoms with Crippen molar-refractivity contribution in [2.45, 2.75) is 20.8 Å². The van der Waals surface area contributed by atoms with Gasteiger partial charge < -0.3 is 15.4 Å². The van der Waals surface area contributed by atoms with E-state index in [2.05, 4.69) is 0 Å². The molecule has 0 unspecified atom stereocenters. The Morgan fingerprint density at radius 1 is 0.909 bits per heavy atom. The summed E-state index contributed by atoms with van der Waals surface area (Å²) in [5.41, 5.74) is 0. The fourth-order valence-electron chi connectivity index (χ4n) is 0.553. The van der Waals surface area contributed by atoms with Gasteiger partial charge in [-0.2, -0.15) is 0 Å². The summed E-state index contributed by atoms with van der Waals surface area (Å²) in [5.74, 6) is 0. The Bertz CT molecular complexity index is 65.5. The van der Waals surface area contributed by atoms with E-state index >= 15 is 0 Å². The predicted molar refractivity (Wildman–Crippen MR) is 41.7 cm³/mol. The Balaban J connectivity index is -0.000000405. The molecule has 0 heterocycles. The zero-order valence-electron chi connectivity index (χ0n) is 8.92. The maximum absolute atomic E-state index is 5.08. The monoisotopic (exact) mass is 154 g/mol. The van der Waals surface area contributed by atoms with Gasteiger partial charge in [-0.05, 0) is 20.8 Å². The van der Waals surface area contributed by atoms with Crippen molar-refractivity contribution >= 4 is 7.32 Å². The van der Waals surface area contributed by atoms with Crippen LogP contribution in [0.15, 0.2) is 0 Å². The van der Waals surface area contributed by atoms with Gasteiger partial charge in [0.05, 0.1) is 0 Å². The van der Waals surface area contributed by atoms with Crippen molar-refractivity contribution < 1.29 is 34.3 Å². The first kappa shape index (κ1) is 14.1. The second kappa shape index (κ2) is 10.5. The molecule has 0 rings (SSSR count). The topological polar surface area (TPSA) is 27.7 Å². The van der Waals surface area contributed by atoms with Gasteiger partial charge in [0.1, 0.15) is 0 Å². The third-order valence-corrected chi connectivity index (χ3v) is 0.908. The van der Waals surface area contributed by atoms with Gasteiger partial charge in [-0.3, -0.25) is 0 Å². The van der Waals surface area contributed by atoms with Crippen molar-refractivity contribution in [1.29, 1.82) is 0 Å². The van der Waals surface area contributed by atoms with Crippen molar-refractivity contribution in [2.75, 3.05) is 19.8 Å². The summed E-state index contributed by atoms with van der Waals surface area (Å²) in [7, 11) is -0.472. The molecule has 0 atom stereocenters. The molecular formula is C6H16BLiO3. The molecule has 11 heavy (non-hydrogen) atoms. The van der Waals surface area contributed by atoms with Crippen LogP contribution in [0.5, 0.6) is 0 Å². The van der Waals surface area contributed by atoms with Crippen LogP contribution in [0.2, 0.25) is 0 Å². The summed E-state index contributed by atoms with van der Waals surface area (Å²) in [6.45, 7) is 7.57. The molecule has 0 saturated carbocycles. The van der Waals surface area contributed by atoms with Gasteiger partial charge in [0.2, 0.25) is 0 Å². The van der Waals surface area contributed by atoms with E-state index in [0.717, 1.165) is 0 Å². The third kappa shape index (κ3) is 8.45. The molecule has 3 nitrogen and oxygen atoms in total. The van der Waals surface area contributed by atoms with Gasteiger partial charge in [-0.1, -0.05) is 0 Å². The maximum atomic E-state index is 5.08. The van der Waals surface area contributed by atoms with E-state index in [1.807, 2.05) is 20.8 Å². The largest absolute Gasteiger partial charge is 1.00 e. The SMILES string of the molecule is CCOB(OCC)OCC.[H-].[Li+]. The number of hydrogen-bond acceptors (Lipinski definition) is 3. The van der Waals surface area contributed by atoms with E-state index in [9.17, 15) is 0 Å². The predicted octanol–water partition coefficient (Wildman–Crippen LogP) is -1.80. The molecule has 0 aromatic carbocycles. The van der Waals surface area contributed by atoms with E-state index in [1.54, 1.807) is 0 Å². The van der Waals surface area contributed by atoms with Crippen LogP contribution in [0.25, 0.3) is 0 Å². The Hall–Kier alpha value is 0.542. The summed E-state index contributed by atoms with van der Waals surface area (Å²) in [4.78, 5) is 0. The van der Waals surface area contributed by atoms with Crippen molar-refractivity contribution in [3.05, 3.63) is 0 Å². The first-order valence-corrected chi connectivity index (χ1v) is 3.69. The number of rotatable bonds is 6. The second-order valence-corrected chi connectivity index (χ2v) is 1.65. The molecule has 0 aromatic heterocycles. The van der Waals surface area contributed by atoms with Gasteiger partial charge in [0.15, 0.2) is 0 Å². The first-order chi connectivity index (χ1) is 4.85. The van der Waals surface area contributed by atoms with Crippen LogP contribution >= 0.6 is 0 Å². The van der Waals surface area contributed by atoms with E-state index in [0.29, 0.717) is 19.8 Å². The first-order valence-electron chi connectivity index (χ1n) is 3.69. The van der Waals surface area contributed by atoms with Crippen LogP contribution in [0.1, 0.15) is 22.2 Å². The molecule has 0 aliphatic rings. The molecule has 0 saturated heterocycles. The molecule has 0 radical (unpaired) electrons. The standard InChI is InChI=1S/C6H15BO3.Li.H/c1-4-8-7(9-5-2)10-6-3;;/h4-6H2,1-3H3;;/q;+1;-1. The summed E-state index contributed by atoms with van der Waals surface area (Å²) < 4.78 is 15.2. The zero-order valence-corrected chi connectivity index (χ0v) is 7.92. The summed E-state index contributed by atoms with van der Waals surface area (Å²) in [6.07, 6.45) is 0. The van der Waals surface area contributed by atoms with Crippen molar-refractivity contribution in [3.8, 4) is 0 Å². The quantitative estimate of drug-likeness (QED) is 0.422. The van der Waals surface area contributed by atoms with E-state index in [1.165, 1.54) is 0 Å². The van der Waals surface area contributed by atoms with Gasteiger partial charge >= 0.3 is 26.2 Å². The van der Waals surface area contributed by atoms with Crippen LogP contribution < -0.4 is 18.9 Å². The average molecular weight is 154 g/mol. The van der Waals surface area contributed by atoms with Gasteiger partial charge in [0.25, 0.3) is 0 Å². The second-order valence-electron chi connectivity index (χ2n) is 1.65. The Morgan fingerprint density at radius 3 is 1.36 bits per heavy atom. The fourth-order valence-corrected chi connectivity index (χ4v) is 0.553.